The number of benzene rings is 1. The molecule has 100 valence electrons. The van der Waals surface area contributed by atoms with E-state index >= 15 is 0 Å². The first-order valence-electron chi connectivity index (χ1n) is 6.14. The summed E-state index contributed by atoms with van der Waals surface area (Å²) in [4.78, 5) is 10.1. The molecule has 0 amide bonds. The van der Waals surface area contributed by atoms with Crippen LogP contribution in [-0.2, 0) is 5.75 Å². The average Bonchev–Trinajstić information content (AvgIpc) is 2.36. The summed E-state index contributed by atoms with van der Waals surface area (Å²) in [6, 6.07) is 9.77. The molecule has 2 aromatic rings. The van der Waals surface area contributed by atoms with Gasteiger partial charge in [-0.05, 0) is 32.0 Å². The predicted octanol–water partition coefficient (Wildman–Crippen LogP) is 4.16. The molecule has 5 heteroatoms. The van der Waals surface area contributed by atoms with E-state index in [1.165, 1.54) is 0 Å². The molecule has 0 saturated carbocycles. The Labute approximate surface area is 122 Å². The predicted molar refractivity (Wildman–Crippen MR) is 81.9 cm³/mol. The fourth-order valence-corrected chi connectivity index (χ4v) is 2.74. The molecule has 0 fully saturated rings. The van der Waals surface area contributed by atoms with E-state index in [2.05, 4.69) is 22.2 Å². The van der Waals surface area contributed by atoms with E-state index in [0.29, 0.717) is 0 Å². The molecule has 0 unspecified atom stereocenters. The van der Waals surface area contributed by atoms with Crippen LogP contribution in [-0.4, -0.2) is 16.5 Å². The van der Waals surface area contributed by atoms with Crippen molar-refractivity contribution in [1.82, 2.24) is 9.97 Å². The first kappa shape index (κ1) is 14.2. The van der Waals surface area contributed by atoms with Gasteiger partial charge in [0, 0.05) is 28.2 Å². The summed E-state index contributed by atoms with van der Waals surface area (Å²) in [5.74, 6) is 2.46. The molecule has 19 heavy (non-hydrogen) atoms. The van der Waals surface area contributed by atoms with Gasteiger partial charge in [0.25, 0.3) is 0 Å². The lowest BCUT2D eigenvalue weighted by atomic mass is 10.4. The highest BCUT2D eigenvalue weighted by Crippen LogP contribution is 2.24. The average molecular weight is 294 g/mol. The van der Waals surface area contributed by atoms with Gasteiger partial charge in [0.2, 0.25) is 0 Å². The van der Waals surface area contributed by atoms with Gasteiger partial charge >= 0.3 is 0 Å². The molecule has 1 N–H and O–H groups in total. The molecule has 0 radical (unpaired) electrons. The van der Waals surface area contributed by atoms with Crippen molar-refractivity contribution in [2.75, 3.05) is 11.9 Å². The molecule has 0 bridgehead atoms. The van der Waals surface area contributed by atoms with E-state index in [4.69, 9.17) is 11.6 Å². The van der Waals surface area contributed by atoms with E-state index < -0.39 is 0 Å². The minimum Gasteiger partial charge on any atom is -0.370 e. The van der Waals surface area contributed by atoms with Gasteiger partial charge in [-0.15, -0.1) is 11.8 Å². The Kier molecular flexibility index (Phi) is 5.05. The Morgan fingerprint density at radius 3 is 2.84 bits per heavy atom. The number of nitrogens with zero attached hydrogens (tertiary/aromatic N) is 2. The van der Waals surface area contributed by atoms with Crippen LogP contribution in [0.2, 0.25) is 5.02 Å². The zero-order chi connectivity index (χ0) is 13.7. The molecule has 0 aliphatic carbocycles. The number of hydrogen-bond acceptors (Lipinski definition) is 4. The van der Waals surface area contributed by atoms with Crippen molar-refractivity contribution >= 4 is 29.2 Å². The molecule has 2 rings (SSSR count). The number of nitrogens with one attached hydrogen (secondary N) is 1. The maximum atomic E-state index is 5.96. The van der Waals surface area contributed by atoms with E-state index in [9.17, 15) is 0 Å². The normalized spacial score (nSPS) is 10.5. The third kappa shape index (κ3) is 4.40. The zero-order valence-electron chi connectivity index (χ0n) is 11.0. The monoisotopic (exact) mass is 293 g/mol. The second-order valence-electron chi connectivity index (χ2n) is 4.09. The molecule has 0 spiro atoms. The van der Waals surface area contributed by atoms with Crippen molar-refractivity contribution in [2.24, 2.45) is 0 Å². The molecular weight excluding hydrogens is 278 g/mol. The molecule has 0 atom stereocenters. The molecule has 1 heterocycles. The minimum absolute atomic E-state index is 0.737. The number of thioether (sulfide) groups is 1. The Morgan fingerprint density at radius 1 is 1.26 bits per heavy atom. The largest absolute Gasteiger partial charge is 0.370 e. The fourth-order valence-electron chi connectivity index (χ4n) is 1.67. The van der Waals surface area contributed by atoms with Crippen molar-refractivity contribution in [3.8, 4) is 0 Å². The van der Waals surface area contributed by atoms with E-state index in [-0.39, 0.29) is 0 Å². The standard InChI is InChI=1S/C14H16ClN3S/c1-3-16-13-7-10(2)17-14(18-13)9-19-12-6-4-5-11(15)8-12/h4-8H,3,9H2,1-2H3,(H,16,17,18). The maximum Gasteiger partial charge on any atom is 0.141 e. The van der Waals surface area contributed by atoms with Crippen molar-refractivity contribution in [2.45, 2.75) is 24.5 Å². The Hall–Kier alpha value is -1.26. The third-order valence-corrected chi connectivity index (χ3v) is 3.65. The number of aryl methyl sites for hydroxylation is 1. The van der Waals surface area contributed by atoms with Gasteiger partial charge < -0.3 is 5.32 Å². The quantitative estimate of drug-likeness (QED) is 0.840. The molecule has 0 aliphatic heterocycles. The molecule has 0 saturated heterocycles. The van der Waals surface area contributed by atoms with Gasteiger partial charge in [-0.3, -0.25) is 0 Å². The molecule has 1 aromatic heterocycles. The maximum absolute atomic E-state index is 5.96. The highest BCUT2D eigenvalue weighted by Gasteiger charge is 2.03. The Morgan fingerprint density at radius 2 is 2.11 bits per heavy atom. The van der Waals surface area contributed by atoms with Gasteiger partial charge in [-0.2, -0.15) is 0 Å². The molecule has 1 aromatic carbocycles. The van der Waals surface area contributed by atoms with Crippen molar-refractivity contribution in [3.05, 3.63) is 46.9 Å². The van der Waals surface area contributed by atoms with Crippen molar-refractivity contribution in [3.63, 3.8) is 0 Å². The van der Waals surface area contributed by atoms with Gasteiger partial charge in [0.15, 0.2) is 0 Å². The van der Waals surface area contributed by atoms with Gasteiger partial charge in [-0.1, -0.05) is 17.7 Å². The van der Waals surface area contributed by atoms with Crippen molar-refractivity contribution < 1.29 is 0 Å². The van der Waals surface area contributed by atoms with Crippen LogP contribution in [0, 0.1) is 6.92 Å². The smallest absolute Gasteiger partial charge is 0.141 e. The lowest BCUT2D eigenvalue weighted by molar-refractivity contribution is 0.986. The summed E-state index contributed by atoms with van der Waals surface area (Å²) < 4.78 is 0. The lowest BCUT2D eigenvalue weighted by Crippen LogP contribution is -2.04. The fraction of sp³-hybridized carbons (Fsp3) is 0.286. The SMILES string of the molecule is CCNc1cc(C)nc(CSc2cccc(Cl)c2)n1. The summed E-state index contributed by atoms with van der Waals surface area (Å²) in [7, 11) is 0. The number of rotatable bonds is 5. The first-order valence-corrected chi connectivity index (χ1v) is 7.50. The number of hydrogen-bond donors (Lipinski definition) is 1. The zero-order valence-corrected chi connectivity index (χ0v) is 12.6. The minimum atomic E-state index is 0.737. The van der Waals surface area contributed by atoms with Gasteiger partial charge in [-0.25, -0.2) is 9.97 Å². The summed E-state index contributed by atoms with van der Waals surface area (Å²) in [6.45, 7) is 4.89. The van der Waals surface area contributed by atoms with Crippen LogP contribution in [0.4, 0.5) is 5.82 Å². The van der Waals surface area contributed by atoms with Crippen LogP contribution in [0.1, 0.15) is 18.4 Å². The highest BCUT2D eigenvalue weighted by molar-refractivity contribution is 7.98. The number of halogens is 1. The molecular formula is C14H16ClN3S. The van der Waals surface area contributed by atoms with Crippen LogP contribution in [0.5, 0.6) is 0 Å². The van der Waals surface area contributed by atoms with Crippen molar-refractivity contribution in [1.29, 1.82) is 0 Å². The highest BCUT2D eigenvalue weighted by atomic mass is 35.5. The summed E-state index contributed by atoms with van der Waals surface area (Å²) in [5, 5.41) is 3.97. The van der Waals surface area contributed by atoms with E-state index in [1.807, 2.05) is 37.3 Å². The van der Waals surface area contributed by atoms with Crippen LogP contribution >= 0.6 is 23.4 Å². The van der Waals surface area contributed by atoms with Crippen LogP contribution in [0.25, 0.3) is 0 Å². The summed E-state index contributed by atoms with van der Waals surface area (Å²) >= 11 is 7.65. The Bertz CT molecular complexity index is 560. The number of anilines is 1. The second kappa shape index (κ2) is 6.78. The number of aromatic nitrogens is 2. The van der Waals surface area contributed by atoms with E-state index in [0.717, 1.165) is 39.6 Å². The first-order chi connectivity index (χ1) is 9.17. The second-order valence-corrected chi connectivity index (χ2v) is 5.57. The molecule has 0 aliphatic rings. The third-order valence-electron chi connectivity index (χ3n) is 2.42. The van der Waals surface area contributed by atoms with Crippen LogP contribution in [0.15, 0.2) is 35.2 Å². The van der Waals surface area contributed by atoms with E-state index in [1.54, 1.807) is 11.8 Å². The van der Waals surface area contributed by atoms with Gasteiger partial charge in [0.1, 0.15) is 11.6 Å². The van der Waals surface area contributed by atoms with Crippen LogP contribution in [0.3, 0.4) is 0 Å². The molecule has 3 nitrogen and oxygen atoms in total. The topological polar surface area (TPSA) is 37.8 Å². The van der Waals surface area contributed by atoms with Crippen LogP contribution < -0.4 is 5.32 Å². The summed E-state index contributed by atoms with van der Waals surface area (Å²) in [5.41, 5.74) is 0.979. The summed E-state index contributed by atoms with van der Waals surface area (Å²) in [6.07, 6.45) is 0. The lowest BCUT2D eigenvalue weighted by Gasteiger charge is -2.07. The Balaban J connectivity index is 2.06. The van der Waals surface area contributed by atoms with Gasteiger partial charge in [0.05, 0.1) is 5.75 Å².